The largest absolute Gasteiger partial charge is 0.462 e. The first-order valence-corrected chi connectivity index (χ1v) is 7.56. The van der Waals surface area contributed by atoms with Gasteiger partial charge < -0.3 is 10.5 Å². The predicted molar refractivity (Wildman–Crippen MR) is 75.1 cm³/mol. The molecule has 4 heteroatoms. The number of hydrogen-bond acceptors (Lipinski definition) is 4. The molecule has 0 amide bonds. The first-order valence-electron chi connectivity index (χ1n) is 6.74. The SMILES string of the molecule is CCCC1CCc2c(sc(N)c2C(=O)OCC)C1. The smallest absolute Gasteiger partial charge is 0.341 e. The Labute approximate surface area is 112 Å². The molecule has 0 aliphatic heterocycles. The molecule has 100 valence electrons. The molecule has 18 heavy (non-hydrogen) atoms. The van der Waals surface area contributed by atoms with Gasteiger partial charge in [0.25, 0.3) is 0 Å². The Kier molecular flexibility index (Phi) is 4.27. The second-order valence-corrected chi connectivity index (χ2v) is 6.00. The Balaban J connectivity index is 2.23. The Morgan fingerprint density at radius 1 is 1.50 bits per heavy atom. The normalized spacial score (nSPS) is 18.4. The van der Waals surface area contributed by atoms with Crippen molar-refractivity contribution >= 4 is 22.3 Å². The van der Waals surface area contributed by atoms with Gasteiger partial charge in [-0.25, -0.2) is 4.79 Å². The van der Waals surface area contributed by atoms with Crippen LogP contribution in [0.4, 0.5) is 5.00 Å². The summed E-state index contributed by atoms with van der Waals surface area (Å²) in [5.74, 6) is 0.511. The van der Waals surface area contributed by atoms with E-state index in [1.807, 2.05) is 6.92 Å². The zero-order chi connectivity index (χ0) is 13.1. The van der Waals surface area contributed by atoms with Crippen molar-refractivity contribution in [3.63, 3.8) is 0 Å². The fraction of sp³-hybridized carbons (Fsp3) is 0.643. The molecule has 1 unspecified atom stereocenters. The number of carbonyl (C=O) groups excluding carboxylic acids is 1. The van der Waals surface area contributed by atoms with Gasteiger partial charge in [-0.15, -0.1) is 11.3 Å². The minimum Gasteiger partial charge on any atom is -0.462 e. The van der Waals surface area contributed by atoms with Gasteiger partial charge in [-0.2, -0.15) is 0 Å². The summed E-state index contributed by atoms with van der Waals surface area (Å²) in [5.41, 5.74) is 7.79. The van der Waals surface area contributed by atoms with Crippen LogP contribution >= 0.6 is 11.3 Å². The van der Waals surface area contributed by atoms with E-state index >= 15 is 0 Å². The summed E-state index contributed by atoms with van der Waals surface area (Å²) in [4.78, 5) is 13.2. The lowest BCUT2D eigenvalue weighted by atomic mass is 9.84. The first kappa shape index (κ1) is 13.4. The predicted octanol–water partition coefficient (Wildman–Crippen LogP) is 3.41. The molecule has 0 fully saturated rings. The van der Waals surface area contributed by atoms with Crippen molar-refractivity contribution in [3.05, 3.63) is 16.0 Å². The van der Waals surface area contributed by atoms with Gasteiger partial charge in [0, 0.05) is 4.88 Å². The molecular weight excluding hydrogens is 246 g/mol. The summed E-state index contributed by atoms with van der Waals surface area (Å²) in [7, 11) is 0. The van der Waals surface area contributed by atoms with Gasteiger partial charge in [-0.3, -0.25) is 0 Å². The summed E-state index contributed by atoms with van der Waals surface area (Å²) >= 11 is 1.58. The van der Waals surface area contributed by atoms with Crippen molar-refractivity contribution in [3.8, 4) is 0 Å². The van der Waals surface area contributed by atoms with Gasteiger partial charge in [0.2, 0.25) is 0 Å². The molecule has 0 bridgehead atoms. The molecule has 1 aliphatic rings. The standard InChI is InChI=1S/C14H21NO2S/c1-3-5-9-6-7-10-11(8-9)18-13(15)12(10)14(16)17-4-2/h9H,3-8,15H2,1-2H3. The second-order valence-electron chi connectivity index (χ2n) is 4.86. The van der Waals surface area contributed by atoms with E-state index in [4.69, 9.17) is 10.5 Å². The zero-order valence-electron chi connectivity index (χ0n) is 11.1. The highest BCUT2D eigenvalue weighted by Crippen LogP contribution is 2.39. The lowest BCUT2D eigenvalue weighted by Gasteiger charge is -2.21. The highest BCUT2D eigenvalue weighted by molar-refractivity contribution is 7.16. The molecule has 1 aliphatic carbocycles. The third-order valence-corrected chi connectivity index (χ3v) is 4.65. The number of esters is 1. The monoisotopic (exact) mass is 267 g/mol. The summed E-state index contributed by atoms with van der Waals surface area (Å²) in [5, 5.41) is 0.635. The lowest BCUT2D eigenvalue weighted by molar-refractivity contribution is 0.0526. The Bertz CT molecular complexity index is 439. The van der Waals surface area contributed by atoms with Crippen LogP contribution in [0.1, 0.15) is 53.9 Å². The molecule has 1 aromatic rings. The molecule has 0 aromatic carbocycles. The van der Waals surface area contributed by atoms with Gasteiger partial charge in [0.1, 0.15) is 5.00 Å². The number of fused-ring (bicyclic) bond motifs is 1. The van der Waals surface area contributed by atoms with Crippen molar-refractivity contribution < 1.29 is 9.53 Å². The van der Waals surface area contributed by atoms with Crippen LogP contribution in [-0.2, 0) is 17.6 Å². The Morgan fingerprint density at radius 2 is 2.28 bits per heavy atom. The zero-order valence-corrected chi connectivity index (χ0v) is 11.9. The number of nitrogens with two attached hydrogens (primary N) is 1. The van der Waals surface area contributed by atoms with Crippen LogP contribution in [0.25, 0.3) is 0 Å². The van der Waals surface area contributed by atoms with Crippen molar-refractivity contribution in [2.45, 2.75) is 46.0 Å². The van der Waals surface area contributed by atoms with Crippen molar-refractivity contribution in [2.24, 2.45) is 5.92 Å². The van der Waals surface area contributed by atoms with Gasteiger partial charge in [0.15, 0.2) is 0 Å². The third-order valence-electron chi connectivity index (χ3n) is 3.57. The highest BCUT2D eigenvalue weighted by atomic mass is 32.1. The number of hydrogen-bond donors (Lipinski definition) is 1. The molecule has 0 saturated carbocycles. The summed E-state index contributed by atoms with van der Waals surface area (Å²) in [6, 6.07) is 0. The number of ether oxygens (including phenoxy) is 1. The highest BCUT2D eigenvalue weighted by Gasteiger charge is 2.28. The summed E-state index contributed by atoms with van der Waals surface area (Å²) < 4.78 is 5.10. The number of anilines is 1. The van der Waals surface area contributed by atoms with Gasteiger partial charge in [-0.1, -0.05) is 19.8 Å². The van der Waals surface area contributed by atoms with E-state index in [0.29, 0.717) is 17.2 Å². The fourth-order valence-corrected chi connectivity index (χ4v) is 3.98. The second kappa shape index (κ2) is 5.74. The molecule has 0 saturated heterocycles. The van der Waals surface area contributed by atoms with E-state index in [1.165, 1.54) is 24.1 Å². The topological polar surface area (TPSA) is 52.3 Å². The average Bonchev–Trinajstić information content (AvgIpc) is 2.65. The van der Waals surface area contributed by atoms with E-state index in [1.54, 1.807) is 11.3 Å². The van der Waals surface area contributed by atoms with E-state index in [2.05, 4.69) is 6.92 Å². The van der Waals surface area contributed by atoms with Gasteiger partial charge >= 0.3 is 5.97 Å². The Morgan fingerprint density at radius 3 is 2.94 bits per heavy atom. The van der Waals surface area contributed by atoms with Gasteiger partial charge in [-0.05, 0) is 37.7 Å². The van der Waals surface area contributed by atoms with Crippen LogP contribution in [0, 0.1) is 5.92 Å². The summed E-state index contributed by atoms with van der Waals surface area (Å²) in [6.07, 6.45) is 5.72. The van der Waals surface area contributed by atoms with Crippen LogP contribution in [0.5, 0.6) is 0 Å². The molecule has 1 atom stereocenters. The Hall–Kier alpha value is -1.03. The molecule has 0 radical (unpaired) electrons. The molecular formula is C14H21NO2S. The number of nitrogen functional groups attached to an aromatic ring is 1. The van der Waals surface area contributed by atoms with E-state index in [-0.39, 0.29) is 5.97 Å². The summed E-state index contributed by atoms with van der Waals surface area (Å²) in [6.45, 7) is 4.45. The minimum absolute atomic E-state index is 0.249. The molecule has 3 nitrogen and oxygen atoms in total. The fourth-order valence-electron chi connectivity index (χ4n) is 2.76. The first-order chi connectivity index (χ1) is 8.67. The van der Waals surface area contributed by atoms with Crippen molar-refractivity contribution in [2.75, 3.05) is 12.3 Å². The third kappa shape index (κ3) is 2.53. The number of thiophene rings is 1. The molecule has 2 rings (SSSR count). The lowest BCUT2D eigenvalue weighted by Crippen LogP contribution is -2.15. The number of carbonyl (C=O) groups is 1. The van der Waals surface area contributed by atoms with Crippen LogP contribution in [0.15, 0.2) is 0 Å². The molecule has 0 spiro atoms. The maximum Gasteiger partial charge on any atom is 0.341 e. The van der Waals surface area contributed by atoms with Crippen LogP contribution in [0.3, 0.4) is 0 Å². The van der Waals surface area contributed by atoms with E-state index in [9.17, 15) is 4.79 Å². The van der Waals surface area contributed by atoms with E-state index < -0.39 is 0 Å². The van der Waals surface area contributed by atoms with Crippen molar-refractivity contribution in [1.82, 2.24) is 0 Å². The molecule has 2 N–H and O–H groups in total. The van der Waals surface area contributed by atoms with Crippen LogP contribution < -0.4 is 5.73 Å². The number of rotatable bonds is 4. The quantitative estimate of drug-likeness (QED) is 0.850. The van der Waals surface area contributed by atoms with E-state index in [0.717, 1.165) is 24.3 Å². The maximum absolute atomic E-state index is 11.9. The van der Waals surface area contributed by atoms with Gasteiger partial charge in [0.05, 0.1) is 12.2 Å². The van der Waals surface area contributed by atoms with Crippen LogP contribution in [-0.4, -0.2) is 12.6 Å². The van der Waals surface area contributed by atoms with Crippen LogP contribution in [0.2, 0.25) is 0 Å². The minimum atomic E-state index is -0.249. The molecule has 1 heterocycles. The average molecular weight is 267 g/mol. The maximum atomic E-state index is 11.9. The van der Waals surface area contributed by atoms with Crippen molar-refractivity contribution in [1.29, 1.82) is 0 Å². The molecule has 1 aromatic heterocycles.